The average Bonchev–Trinajstić information content (AvgIpc) is 3.21. The number of nitrogens with zero attached hydrogens (tertiary/aromatic N) is 3. The fourth-order valence-electron chi connectivity index (χ4n) is 6.02. The number of para-hydroxylation sites is 1. The maximum absolute atomic E-state index is 13.6. The van der Waals surface area contributed by atoms with Crippen molar-refractivity contribution in [1.29, 1.82) is 0 Å². The number of hydrogen-bond acceptors (Lipinski definition) is 4. The van der Waals surface area contributed by atoms with Gasteiger partial charge in [-0.2, -0.15) is 0 Å². The number of hydrogen-bond donors (Lipinski definition) is 1. The molecule has 0 radical (unpaired) electrons. The molecule has 0 bridgehead atoms. The van der Waals surface area contributed by atoms with E-state index in [2.05, 4.69) is 51.2 Å². The van der Waals surface area contributed by atoms with E-state index >= 15 is 0 Å². The summed E-state index contributed by atoms with van der Waals surface area (Å²) in [6.45, 7) is 11.1. The number of likely N-dealkylation sites (tertiary alicyclic amines) is 1. The lowest BCUT2D eigenvalue weighted by Crippen LogP contribution is -2.51. The molecule has 3 aliphatic rings. The summed E-state index contributed by atoms with van der Waals surface area (Å²) >= 11 is 1.64. The molecule has 208 valence electrons. The molecule has 1 N–H and O–H groups in total. The van der Waals surface area contributed by atoms with Crippen molar-refractivity contribution in [1.82, 2.24) is 14.7 Å². The van der Waals surface area contributed by atoms with E-state index in [-0.39, 0.29) is 40.9 Å². The van der Waals surface area contributed by atoms with Gasteiger partial charge in [0.05, 0.1) is 5.25 Å². The van der Waals surface area contributed by atoms with Crippen molar-refractivity contribution in [2.24, 2.45) is 5.92 Å². The van der Waals surface area contributed by atoms with Gasteiger partial charge in [-0.3, -0.25) is 9.59 Å². The van der Waals surface area contributed by atoms with E-state index in [1.54, 1.807) is 11.8 Å². The topological polar surface area (TPSA) is 73.0 Å². The van der Waals surface area contributed by atoms with Crippen LogP contribution in [0.25, 0.3) is 0 Å². The molecule has 0 saturated carbocycles. The fourth-order valence-corrected chi connectivity index (χ4v) is 7.69. The molecule has 5 rings (SSSR count). The lowest BCUT2D eigenvalue weighted by atomic mass is 10.0. The molecule has 0 aromatic heterocycles. The quantitative estimate of drug-likeness (QED) is 0.480. The molecule has 39 heavy (non-hydrogen) atoms. The number of rotatable bonds is 7. The Kier molecular flexibility index (Phi) is 8.21. The molecule has 2 atom stereocenters. The number of urea groups is 1. The van der Waals surface area contributed by atoms with Crippen LogP contribution >= 0.6 is 11.8 Å². The molecule has 3 heterocycles. The molecule has 2 saturated heterocycles. The molecule has 0 spiro atoms. The zero-order valence-corrected chi connectivity index (χ0v) is 24.3. The van der Waals surface area contributed by atoms with Crippen LogP contribution in [0.1, 0.15) is 67.2 Å². The van der Waals surface area contributed by atoms with Crippen molar-refractivity contribution in [2.45, 2.75) is 76.6 Å². The maximum Gasteiger partial charge on any atom is 0.322 e. The van der Waals surface area contributed by atoms with Gasteiger partial charge in [-0.05, 0) is 67.3 Å². The van der Waals surface area contributed by atoms with Crippen LogP contribution in [-0.4, -0.2) is 63.5 Å². The molecule has 8 heteroatoms. The Balaban J connectivity index is 1.22. The number of anilines is 1. The van der Waals surface area contributed by atoms with E-state index in [9.17, 15) is 14.4 Å². The summed E-state index contributed by atoms with van der Waals surface area (Å²) in [5.74, 6) is 0.623. The summed E-state index contributed by atoms with van der Waals surface area (Å²) in [5.41, 5.74) is 5.58. The Morgan fingerprint density at radius 2 is 1.72 bits per heavy atom. The highest BCUT2D eigenvalue weighted by molar-refractivity contribution is 8.01. The Hall–Kier alpha value is -3.00. The second-order valence-corrected chi connectivity index (χ2v) is 12.8. The van der Waals surface area contributed by atoms with Gasteiger partial charge >= 0.3 is 6.03 Å². The second-order valence-electron chi connectivity index (χ2n) is 11.5. The Morgan fingerprint density at radius 3 is 2.41 bits per heavy atom. The van der Waals surface area contributed by atoms with Gasteiger partial charge in [0.15, 0.2) is 0 Å². The van der Waals surface area contributed by atoms with E-state index in [0.717, 1.165) is 30.5 Å². The molecular weight excluding hydrogens is 508 g/mol. The minimum atomic E-state index is -0.365. The van der Waals surface area contributed by atoms with Gasteiger partial charge in [-0.15, -0.1) is 11.8 Å². The third kappa shape index (κ3) is 5.81. The van der Waals surface area contributed by atoms with Crippen LogP contribution in [0.4, 0.5) is 10.5 Å². The largest absolute Gasteiger partial charge is 0.342 e. The van der Waals surface area contributed by atoms with Crippen molar-refractivity contribution >= 4 is 35.3 Å². The molecule has 2 aromatic carbocycles. The minimum absolute atomic E-state index is 0.0405. The predicted octanol–water partition coefficient (Wildman–Crippen LogP) is 5.72. The van der Waals surface area contributed by atoms with Gasteiger partial charge in [0, 0.05) is 44.3 Å². The first-order chi connectivity index (χ1) is 18.7. The van der Waals surface area contributed by atoms with Crippen molar-refractivity contribution in [3.05, 3.63) is 64.7 Å². The third-order valence-corrected chi connectivity index (χ3v) is 9.79. The zero-order valence-electron chi connectivity index (χ0n) is 23.5. The molecule has 7 nitrogen and oxygen atoms in total. The molecule has 3 aliphatic heterocycles. The first-order valence-electron chi connectivity index (χ1n) is 14.2. The second kappa shape index (κ2) is 11.6. The van der Waals surface area contributed by atoms with Crippen LogP contribution in [0.2, 0.25) is 0 Å². The lowest BCUT2D eigenvalue weighted by molar-refractivity contribution is -0.137. The van der Waals surface area contributed by atoms with E-state index < -0.39 is 0 Å². The molecule has 2 aromatic rings. The number of fused-ring (bicyclic) bond motifs is 1. The summed E-state index contributed by atoms with van der Waals surface area (Å²) in [6, 6.07) is 14.2. The molecule has 2 unspecified atom stereocenters. The number of benzene rings is 2. The number of nitrogens with one attached hydrogen (secondary N) is 1. The molecule has 4 amide bonds. The number of aryl methyl sites for hydroxylation is 2. The monoisotopic (exact) mass is 548 g/mol. The highest BCUT2D eigenvalue weighted by Crippen LogP contribution is 2.46. The van der Waals surface area contributed by atoms with Crippen molar-refractivity contribution in [3.63, 3.8) is 0 Å². The van der Waals surface area contributed by atoms with Crippen LogP contribution < -0.4 is 5.32 Å². The minimum Gasteiger partial charge on any atom is -0.342 e. The Labute approximate surface area is 236 Å². The smallest absolute Gasteiger partial charge is 0.322 e. The van der Waals surface area contributed by atoms with Gasteiger partial charge in [0.2, 0.25) is 11.8 Å². The summed E-state index contributed by atoms with van der Waals surface area (Å²) < 4.78 is 0. The predicted molar refractivity (Wildman–Crippen MR) is 156 cm³/mol. The number of carbonyl (C=O) groups excluding carboxylic acids is 3. The van der Waals surface area contributed by atoms with Crippen molar-refractivity contribution in [2.75, 3.05) is 25.0 Å². The standard InChI is InChI=1S/C31H40N4O3S/c1-20(2)12-17-34-29(37)26(39-30(34)28-21(3)8-7-9-22(28)4)18-27(36)33-15-13-24(14-16-33)35-19-23-10-5-6-11-25(23)32-31(35)38/h5-11,20,24,26,30H,12-19H2,1-4H3,(H,32,38). The summed E-state index contributed by atoms with van der Waals surface area (Å²) in [5, 5.41) is 2.58. The van der Waals surface area contributed by atoms with Crippen molar-refractivity contribution < 1.29 is 14.4 Å². The number of thioether (sulfide) groups is 1. The highest BCUT2D eigenvalue weighted by atomic mass is 32.2. The Bertz CT molecular complexity index is 1220. The SMILES string of the molecule is Cc1cccc(C)c1C1SC(CC(=O)N2CCC(N3Cc4ccccc4NC3=O)CC2)C(=O)N1CCC(C)C. The van der Waals surface area contributed by atoms with Crippen LogP contribution in [0, 0.1) is 19.8 Å². The summed E-state index contributed by atoms with van der Waals surface area (Å²) in [6.07, 6.45) is 2.67. The average molecular weight is 549 g/mol. The zero-order chi connectivity index (χ0) is 27.7. The van der Waals surface area contributed by atoms with Crippen LogP contribution in [0.5, 0.6) is 0 Å². The maximum atomic E-state index is 13.6. The first kappa shape index (κ1) is 27.6. The number of carbonyl (C=O) groups is 3. The van der Waals surface area contributed by atoms with Gasteiger partial charge < -0.3 is 20.0 Å². The highest BCUT2D eigenvalue weighted by Gasteiger charge is 2.43. The number of piperidine rings is 1. The summed E-state index contributed by atoms with van der Waals surface area (Å²) in [4.78, 5) is 45.6. The first-order valence-corrected chi connectivity index (χ1v) is 15.1. The fraction of sp³-hybridized carbons (Fsp3) is 0.516. The van der Waals surface area contributed by atoms with Gasteiger partial charge in [-0.25, -0.2) is 4.79 Å². The molecule has 2 fully saturated rings. The summed E-state index contributed by atoms with van der Waals surface area (Å²) in [7, 11) is 0. The van der Waals surface area contributed by atoms with Crippen LogP contribution in [0.15, 0.2) is 42.5 Å². The van der Waals surface area contributed by atoms with Gasteiger partial charge in [0.25, 0.3) is 0 Å². The Morgan fingerprint density at radius 1 is 1.03 bits per heavy atom. The number of amides is 4. The van der Waals surface area contributed by atoms with Crippen LogP contribution in [-0.2, 0) is 16.1 Å². The lowest BCUT2D eigenvalue weighted by Gasteiger charge is -2.40. The van der Waals surface area contributed by atoms with Gasteiger partial charge in [-0.1, -0.05) is 50.2 Å². The van der Waals surface area contributed by atoms with Crippen molar-refractivity contribution in [3.8, 4) is 0 Å². The normalized spacial score (nSPS) is 21.9. The van der Waals surface area contributed by atoms with E-state index in [1.807, 2.05) is 39.0 Å². The molecular formula is C31H40N4O3S. The van der Waals surface area contributed by atoms with Crippen LogP contribution in [0.3, 0.4) is 0 Å². The third-order valence-electron chi connectivity index (χ3n) is 8.35. The van der Waals surface area contributed by atoms with E-state index in [1.165, 1.54) is 16.7 Å². The van der Waals surface area contributed by atoms with E-state index in [4.69, 9.17) is 0 Å². The molecule has 0 aliphatic carbocycles. The van der Waals surface area contributed by atoms with Gasteiger partial charge in [0.1, 0.15) is 5.37 Å². The van der Waals surface area contributed by atoms with E-state index in [0.29, 0.717) is 32.1 Å².